The first-order valence-electron chi connectivity index (χ1n) is 13.5. The van der Waals surface area contributed by atoms with Gasteiger partial charge in [0.2, 0.25) is 10.9 Å². The fourth-order valence-electron chi connectivity index (χ4n) is 4.59. The van der Waals surface area contributed by atoms with Crippen LogP contribution < -0.4 is 9.64 Å². The van der Waals surface area contributed by atoms with Gasteiger partial charge in [0.1, 0.15) is 11.6 Å². The number of rotatable bonds is 12. The number of unbranched alkanes of at least 4 members (excludes halogenated alkanes) is 2. The molecule has 0 saturated heterocycles. The number of nitrogens with zero attached hydrogens (tertiary/aromatic N) is 4. The third-order valence-electron chi connectivity index (χ3n) is 6.65. The number of ether oxygens (including phenoxy) is 1. The van der Waals surface area contributed by atoms with Crippen molar-refractivity contribution in [2.24, 2.45) is 0 Å². The molecule has 0 fully saturated rings. The lowest BCUT2D eigenvalue weighted by atomic mass is 9.95. The summed E-state index contributed by atoms with van der Waals surface area (Å²) >= 11 is 3.80. The summed E-state index contributed by atoms with van der Waals surface area (Å²) in [5, 5.41) is 20.6. The monoisotopic (exact) mass is 624 g/mol. The van der Waals surface area contributed by atoms with Crippen LogP contribution in [0.15, 0.2) is 64.2 Å². The lowest BCUT2D eigenvalue weighted by Gasteiger charge is -2.24. The average molecular weight is 625 g/mol. The van der Waals surface area contributed by atoms with Crippen molar-refractivity contribution in [2.45, 2.75) is 56.2 Å². The third-order valence-corrected chi connectivity index (χ3v) is 9.85. The second kappa shape index (κ2) is 13.1. The zero-order valence-corrected chi connectivity index (χ0v) is 25.7. The van der Waals surface area contributed by atoms with Gasteiger partial charge in [-0.2, -0.15) is 0 Å². The van der Waals surface area contributed by atoms with E-state index in [-0.39, 0.29) is 16.5 Å². The quantitative estimate of drug-likeness (QED) is 0.0753. The van der Waals surface area contributed by atoms with Gasteiger partial charge in [0.15, 0.2) is 10.1 Å². The van der Waals surface area contributed by atoms with E-state index in [0.29, 0.717) is 43.6 Å². The number of halogens is 1. The number of aryl methyl sites for hydroxylation is 2. The fraction of sp³-hybridized carbons (Fsp3) is 0.300. The molecule has 8 nitrogen and oxygen atoms in total. The van der Waals surface area contributed by atoms with E-state index in [1.807, 2.05) is 0 Å². The number of anilines is 1. The molecule has 1 atom stereocenters. The predicted octanol–water partition coefficient (Wildman–Crippen LogP) is 7.39. The number of Topliss-reactive ketones (excluding diaryl/α,β-unsaturated/α-hetero) is 1. The molecule has 2 aromatic carbocycles. The van der Waals surface area contributed by atoms with Crippen molar-refractivity contribution in [1.82, 2.24) is 15.2 Å². The molecule has 12 heteroatoms. The second-order valence-corrected chi connectivity index (χ2v) is 13.1. The van der Waals surface area contributed by atoms with Crippen LogP contribution in [0, 0.1) is 19.7 Å². The Morgan fingerprint density at radius 3 is 2.48 bits per heavy atom. The molecule has 0 saturated carbocycles. The summed E-state index contributed by atoms with van der Waals surface area (Å²) in [5.74, 6) is -0.899. The maximum absolute atomic E-state index is 13.8. The Hall–Kier alpha value is -3.61. The van der Waals surface area contributed by atoms with E-state index in [2.05, 4.69) is 22.1 Å². The minimum atomic E-state index is -0.927. The molecule has 0 spiro atoms. The van der Waals surface area contributed by atoms with Crippen LogP contribution in [0.3, 0.4) is 0 Å². The standard InChI is InChI=1S/C30H29FN4O4S3/c1-4-5-6-15-39-22-13-9-20(10-14-22)24-23(25(36)27-17(2)32-18(3)41-27)26(37)28(38)35(24)29-33-34-30(42-29)40-16-19-7-11-21(31)12-8-19/h7-14,24,37H,4-6,15-16H2,1-3H3. The van der Waals surface area contributed by atoms with E-state index in [1.54, 1.807) is 50.2 Å². The minimum Gasteiger partial charge on any atom is -0.503 e. The number of carbonyl (C=O) groups is 2. The molecule has 0 radical (unpaired) electrons. The first kappa shape index (κ1) is 29.9. The van der Waals surface area contributed by atoms with Crippen LogP contribution in [0.4, 0.5) is 9.52 Å². The van der Waals surface area contributed by atoms with Gasteiger partial charge in [0, 0.05) is 5.75 Å². The number of amides is 1. The number of aromatic nitrogens is 3. The summed E-state index contributed by atoms with van der Waals surface area (Å²) in [7, 11) is 0. The predicted molar refractivity (Wildman–Crippen MR) is 163 cm³/mol. The van der Waals surface area contributed by atoms with Crippen molar-refractivity contribution >= 4 is 51.3 Å². The molecular weight excluding hydrogens is 596 g/mol. The van der Waals surface area contributed by atoms with Crippen molar-refractivity contribution in [3.63, 3.8) is 0 Å². The topological polar surface area (TPSA) is 106 Å². The number of aliphatic hydroxyl groups excluding tert-OH is 1. The molecule has 4 aromatic rings. The first-order valence-corrected chi connectivity index (χ1v) is 16.1. The van der Waals surface area contributed by atoms with Crippen molar-refractivity contribution in [2.75, 3.05) is 11.5 Å². The maximum atomic E-state index is 13.8. The summed E-state index contributed by atoms with van der Waals surface area (Å²) in [6.45, 7) is 6.26. The van der Waals surface area contributed by atoms with Crippen molar-refractivity contribution in [1.29, 1.82) is 0 Å². The van der Waals surface area contributed by atoms with Crippen LogP contribution in [-0.2, 0) is 10.5 Å². The highest BCUT2D eigenvalue weighted by Crippen LogP contribution is 2.44. The number of aliphatic hydroxyl groups is 1. The van der Waals surface area contributed by atoms with Gasteiger partial charge in [-0.25, -0.2) is 9.37 Å². The Balaban J connectivity index is 1.46. The van der Waals surface area contributed by atoms with Crippen molar-refractivity contribution in [3.05, 3.63) is 92.4 Å². The summed E-state index contributed by atoms with van der Waals surface area (Å²) in [6.07, 6.45) is 3.12. The maximum Gasteiger partial charge on any atom is 0.296 e. The van der Waals surface area contributed by atoms with Crippen LogP contribution in [0.1, 0.15) is 63.7 Å². The molecule has 218 valence electrons. The van der Waals surface area contributed by atoms with E-state index in [1.165, 1.54) is 51.5 Å². The first-order chi connectivity index (χ1) is 20.3. The van der Waals surface area contributed by atoms with Gasteiger partial charge in [-0.15, -0.1) is 21.5 Å². The Labute approximate surface area is 255 Å². The minimum absolute atomic E-state index is 0.0286. The molecule has 0 aliphatic carbocycles. The number of hydrogen-bond donors (Lipinski definition) is 1. The Bertz CT molecular complexity index is 1620. The fourth-order valence-corrected chi connectivity index (χ4v) is 7.28. The zero-order valence-electron chi connectivity index (χ0n) is 23.3. The van der Waals surface area contributed by atoms with E-state index < -0.39 is 23.5 Å². The molecule has 5 rings (SSSR count). The molecule has 3 heterocycles. The van der Waals surface area contributed by atoms with Gasteiger partial charge in [-0.05, 0) is 55.7 Å². The van der Waals surface area contributed by atoms with Crippen LogP contribution >= 0.6 is 34.4 Å². The molecule has 1 aliphatic rings. The number of thioether (sulfide) groups is 1. The highest BCUT2D eigenvalue weighted by molar-refractivity contribution is 8.00. The molecule has 42 heavy (non-hydrogen) atoms. The van der Waals surface area contributed by atoms with Gasteiger partial charge in [0.25, 0.3) is 5.91 Å². The van der Waals surface area contributed by atoms with E-state index in [9.17, 15) is 19.1 Å². The van der Waals surface area contributed by atoms with Crippen LogP contribution in [-0.4, -0.2) is 38.6 Å². The Morgan fingerprint density at radius 1 is 1.07 bits per heavy atom. The van der Waals surface area contributed by atoms with Gasteiger partial charge in [-0.3, -0.25) is 14.5 Å². The lowest BCUT2D eigenvalue weighted by Crippen LogP contribution is -2.31. The molecule has 1 amide bonds. The number of hydrogen-bond acceptors (Lipinski definition) is 10. The molecular formula is C30H29FN4O4S3. The zero-order chi connectivity index (χ0) is 29.8. The molecule has 1 N–H and O–H groups in total. The smallest absolute Gasteiger partial charge is 0.296 e. The van der Waals surface area contributed by atoms with Gasteiger partial charge in [-0.1, -0.05) is 67.1 Å². The number of carbonyl (C=O) groups excluding carboxylic acids is 2. The summed E-state index contributed by atoms with van der Waals surface area (Å²) in [4.78, 5) is 33.4. The average Bonchev–Trinajstić information content (AvgIpc) is 3.66. The third kappa shape index (κ3) is 6.40. The summed E-state index contributed by atoms with van der Waals surface area (Å²) < 4.78 is 19.7. The number of benzene rings is 2. The molecule has 1 unspecified atom stereocenters. The van der Waals surface area contributed by atoms with Gasteiger partial charge >= 0.3 is 0 Å². The molecule has 0 bridgehead atoms. The molecule has 1 aliphatic heterocycles. The highest BCUT2D eigenvalue weighted by Gasteiger charge is 2.46. The number of thiazole rings is 1. The van der Waals surface area contributed by atoms with Crippen molar-refractivity contribution in [3.8, 4) is 5.75 Å². The van der Waals surface area contributed by atoms with E-state index >= 15 is 0 Å². The van der Waals surface area contributed by atoms with E-state index in [4.69, 9.17) is 4.74 Å². The normalized spacial score (nSPS) is 15.1. The van der Waals surface area contributed by atoms with Crippen LogP contribution in [0.25, 0.3) is 0 Å². The lowest BCUT2D eigenvalue weighted by molar-refractivity contribution is -0.117. The van der Waals surface area contributed by atoms with Gasteiger partial charge in [0.05, 0.1) is 33.8 Å². The van der Waals surface area contributed by atoms with Crippen molar-refractivity contribution < 1.29 is 23.8 Å². The SMILES string of the molecule is CCCCCOc1ccc(C2C(C(=O)c3sc(C)nc3C)=C(O)C(=O)N2c2nnc(SCc3ccc(F)cc3)s2)cc1. The summed E-state index contributed by atoms with van der Waals surface area (Å²) in [5.41, 5.74) is 2.04. The Kier molecular flexibility index (Phi) is 9.34. The Morgan fingerprint density at radius 2 is 1.81 bits per heavy atom. The summed E-state index contributed by atoms with van der Waals surface area (Å²) in [6, 6.07) is 12.5. The van der Waals surface area contributed by atoms with Gasteiger partial charge < -0.3 is 9.84 Å². The van der Waals surface area contributed by atoms with Crippen LogP contribution in [0.5, 0.6) is 5.75 Å². The largest absolute Gasteiger partial charge is 0.503 e. The highest BCUT2D eigenvalue weighted by atomic mass is 32.2. The van der Waals surface area contributed by atoms with Crippen LogP contribution in [0.2, 0.25) is 0 Å². The second-order valence-electron chi connectivity index (χ2n) is 9.71. The molecule has 2 aromatic heterocycles. The number of ketones is 1. The van der Waals surface area contributed by atoms with E-state index in [0.717, 1.165) is 24.8 Å².